The van der Waals surface area contributed by atoms with E-state index in [-0.39, 0.29) is 23.9 Å². The number of fused-ring (bicyclic) bond motifs is 1. The molecule has 2 saturated heterocycles. The van der Waals surface area contributed by atoms with Crippen LogP contribution >= 0.6 is 11.6 Å². The van der Waals surface area contributed by atoms with E-state index >= 15 is 0 Å². The minimum atomic E-state index is -0.596. The highest BCUT2D eigenvalue weighted by atomic mass is 35.5. The van der Waals surface area contributed by atoms with Gasteiger partial charge in [-0.1, -0.05) is 17.7 Å². The molecule has 1 amide bonds. The number of rotatable bonds is 7. The van der Waals surface area contributed by atoms with E-state index in [2.05, 4.69) is 20.3 Å². The summed E-state index contributed by atoms with van der Waals surface area (Å²) >= 11 is 6.48. The predicted molar refractivity (Wildman–Crippen MR) is 162 cm³/mol. The number of carbonyl (C=O) groups is 1. The van der Waals surface area contributed by atoms with Gasteiger partial charge in [-0.25, -0.2) is 14.8 Å². The van der Waals surface area contributed by atoms with Gasteiger partial charge in [0.05, 0.1) is 26.7 Å². The van der Waals surface area contributed by atoms with Crippen molar-refractivity contribution in [2.75, 3.05) is 29.9 Å². The third-order valence-electron chi connectivity index (χ3n) is 7.52. The molecule has 2 aliphatic rings. The number of likely N-dealkylation sites (tertiary alicyclic amines) is 1. The lowest BCUT2D eigenvalue weighted by atomic mass is 9.77. The molecular weight excluding hydrogens is 574 g/mol. The maximum absolute atomic E-state index is 12.7. The number of pyridine rings is 1. The maximum Gasteiger partial charge on any atom is 0.410 e. The quantitative estimate of drug-likeness (QED) is 0.195. The zero-order valence-electron chi connectivity index (χ0n) is 23.9. The summed E-state index contributed by atoms with van der Waals surface area (Å²) in [5.41, 5.74) is 1.34. The van der Waals surface area contributed by atoms with Crippen molar-refractivity contribution in [3.63, 3.8) is 0 Å². The van der Waals surface area contributed by atoms with E-state index in [1.807, 2.05) is 43.9 Å². The number of amides is 1. The van der Waals surface area contributed by atoms with Crippen LogP contribution in [-0.4, -0.2) is 61.6 Å². The van der Waals surface area contributed by atoms with E-state index in [0.717, 1.165) is 12.1 Å². The Kier molecular flexibility index (Phi) is 7.17. The summed E-state index contributed by atoms with van der Waals surface area (Å²) in [6.45, 7) is 7.31. The maximum atomic E-state index is 12.7. The Bertz CT molecular complexity index is 1710. The van der Waals surface area contributed by atoms with Crippen molar-refractivity contribution in [2.24, 2.45) is 0 Å². The largest absolute Gasteiger partial charge is 0.486 e. The van der Waals surface area contributed by atoms with Gasteiger partial charge in [0.1, 0.15) is 35.8 Å². The SMILES string of the molecule is CC(C)(C)OC(=O)N1CCC12CN(c1cc3ncnc(Nc4ccc(OCc5ccccn5)c(Cl)c4)c3cc1[N+](=O)[O-])C2. The van der Waals surface area contributed by atoms with Gasteiger partial charge in [0.2, 0.25) is 0 Å². The van der Waals surface area contributed by atoms with Crippen molar-refractivity contribution in [3.05, 3.63) is 81.9 Å². The van der Waals surface area contributed by atoms with Gasteiger partial charge in [0.15, 0.2) is 0 Å². The zero-order valence-corrected chi connectivity index (χ0v) is 24.7. The summed E-state index contributed by atoms with van der Waals surface area (Å²) in [5, 5.41) is 16.3. The van der Waals surface area contributed by atoms with Gasteiger partial charge < -0.3 is 19.7 Å². The first-order valence-corrected chi connectivity index (χ1v) is 14.2. The molecule has 0 aliphatic carbocycles. The van der Waals surface area contributed by atoms with Gasteiger partial charge in [-0.2, -0.15) is 0 Å². The van der Waals surface area contributed by atoms with Crippen LogP contribution in [0.2, 0.25) is 5.02 Å². The number of ether oxygens (including phenoxy) is 2. The highest BCUT2D eigenvalue weighted by Crippen LogP contribution is 2.45. The molecule has 0 atom stereocenters. The van der Waals surface area contributed by atoms with Crippen LogP contribution < -0.4 is 15.0 Å². The van der Waals surface area contributed by atoms with Gasteiger partial charge in [-0.05, 0) is 63.6 Å². The Morgan fingerprint density at radius 3 is 2.60 bits per heavy atom. The van der Waals surface area contributed by atoms with E-state index < -0.39 is 10.5 Å². The van der Waals surface area contributed by atoms with Crippen LogP contribution in [0.15, 0.2) is 61.1 Å². The zero-order chi connectivity index (χ0) is 30.4. The number of hydrogen-bond donors (Lipinski definition) is 1. The lowest BCUT2D eigenvalue weighted by Gasteiger charge is -2.62. The third kappa shape index (κ3) is 5.70. The van der Waals surface area contributed by atoms with Gasteiger partial charge in [-0.15, -0.1) is 0 Å². The van der Waals surface area contributed by atoms with Crippen molar-refractivity contribution < 1.29 is 19.2 Å². The smallest absolute Gasteiger partial charge is 0.410 e. The van der Waals surface area contributed by atoms with E-state index in [0.29, 0.717) is 58.5 Å². The van der Waals surface area contributed by atoms with Crippen molar-refractivity contribution in [3.8, 4) is 5.75 Å². The molecule has 222 valence electrons. The number of nitro benzene ring substituents is 1. The second-order valence-corrected chi connectivity index (χ2v) is 12.1. The first-order chi connectivity index (χ1) is 20.5. The number of nitrogens with zero attached hydrogens (tertiary/aromatic N) is 6. The standard InChI is InChI=1S/C30H30ClN7O5/c1-29(2,3)43-28(39)37-11-9-30(37)16-36(17-30)24-14-23-21(13-25(24)38(40)41)27(34-18-33-23)35-19-7-8-26(22(31)12-19)42-15-20-6-4-5-10-32-20/h4-8,10,12-14,18H,9,11,15-17H2,1-3H3,(H,33,34,35). The summed E-state index contributed by atoms with van der Waals surface area (Å²) in [7, 11) is 0. The number of halogens is 1. The summed E-state index contributed by atoms with van der Waals surface area (Å²) in [5.74, 6) is 0.891. The first-order valence-electron chi connectivity index (χ1n) is 13.8. The summed E-state index contributed by atoms with van der Waals surface area (Å²) in [6.07, 6.45) is 3.56. The number of carbonyl (C=O) groups excluding carboxylic acids is 1. The average molecular weight is 604 g/mol. The van der Waals surface area contributed by atoms with E-state index in [4.69, 9.17) is 21.1 Å². The molecule has 0 saturated carbocycles. The molecule has 4 aromatic rings. The Morgan fingerprint density at radius 2 is 1.95 bits per heavy atom. The fourth-order valence-electron chi connectivity index (χ4n) is 5.35. The summed E-state index contributed by atoms with van der Waals surface area (Å²) in [6, 6.07) is 14.0. The predicted octanol–water partition coefficient (Wildman–Crippen LogP) is 6.11. The Hall–Kier alpha value is -4.71. The molecule has 2 aromatic carbocycles. The summed E-state index contributed by atoms with van der Waals surface area (Å²) < 4.78 is 11.4. The minimum absolute atomic E-state index is 0.0698. The van der Waals surface area contributed by atoms with Gasteiger partial charge in [0.25, 0.3) is 5.69 Å². The fraction of sp³-hybridized carbons (Fsp3) is 0.333. The summed E-state index contributed by atoms with van der Waals surface area (Å²) in [4.78, 5) is 41.1. The Labute approximate surface area is 252 Å². The molecule has 13 heteroatoms. The number of anilines is 3. The van der Waals surface area contributed by atoms with Crippen molar-refractivity contribution in [1.82, 2.24) is 19.9 Å². The van der Waals surface area contributed by atoms with E-state index in [1.54, 1.807) is 35.4 Å². The minimum Gasteiger partial charge on any atom is -0.486 e. The second-order valence-electron chi connectivity index (χ2n) is 11.7. The number of hydrogen-bond acceptors (Lipinski definition) is 10. The first kappa shape index (κ1) is 28.4. The molecule has 1 spiro atoms. The highest BCUT2D eigenvalue weighted by Gasteiger charge is 2.57. The number of nitro groups is 1. The van der Waals surface area contributed by atoms with Crippen LogP contribution in [0, 0.1) is 10.1 Å². The molecule has 0 unspecified atom stereocenters. The molecule has 6 rings (SSSR count). The van der Waals surface area contributed by atoms with Crippen LogP contribution in [0.4, 0.5) is 27.7 Å². The number of benzene rings is 2. The topological polar surface area (TPSA) is 136 Å². The molecule has 43 heavy (non-hydrogen) atoms. The van der Waals surface area contributed by atoms with Crippen molar-refractivity contribution in [2.45, 2.75) is 44.9 Å². The van der Waals surface area contributed by atoms with Gasteiger partial charge in [0, 0.05) is 43.0 Å². The third-order valence-corrected chi connectivity index (χ3v) is 7.82. The van der Waals surface area contributed by atoms with Crippen LogP contribution in [0.25, 0.3) is 10.9 Å². The van der Waals surface area contributed by atoms with E-state index in [1.165, 1.54) is 12.4 Å². The van der Waals surface area contributed by atoms with Crippen LogP contribution in [0.5, 0.6) is 5.75 Å². The molecular formula is C30H30ClN7O5. The molecule has 4 heterocycles. The number of aromatic nitrogens is 3. The molecule has 1 N–H and O–H groups in total. The van der Waals surface area contributed by atoms with E-state index in [9.17, 15) is 14.9 Å². The average Bonchev–Trinajstić information content (AvgIpc) is 2.90. The van der Waals surface area contributed by atoms with Crippen molar-refractivity contribution in [1.29, 1.82) is 0 Å². The van der Waals surface area contributed by atoms with Crippen LogP contribution in [0.1, 0.15) is 32.9 Å². The monoisotopic (exact) mass is 603 g/mol. The molecule has 0 bridgehead atoms. The molecule has 12 nitrogen and oxygen atoms in total. The number of nitrogens with one attached hydrogen (secondary N) is 1. The second kappa shape index (κ2) is 10.8. The Morgan fingerprint density at radius 1 is 1.14 bits per heavy atom. The molecule has 2 fully saturated rings. The highest BCUT2D eigenvalue weighted by molar-refractivity contribution is 6.32. The lowest BCUT2D eigenvalue weighted by Crippen LogP contribution is -2.78. The van der Waals surface area contributed by atoms with Crippen molar-refractivity contribution >= 4 is 51.5 Å². The molecule has 2 aromatic heterocycles. The molecule has 0 radical (unpaired) electrons. The molecule has 2 aliphatic heterocycles. The fourth-order valence-corrected chi connectivity index (χ4v) is 5.59. The Balaban J connectivity index is 1.20. The van der Waals surface area contributed by atoms with Gasteiger partial charge >= 0.3 is 6.09 Å². The van der Waals surface area contributed by atoms with Gasteiger partial charge in [-0.3, -0.25) is 20.0 Å². The van der Waals surface area contributed by atoms with Crippen LogP contribution in [0.3, 0.4) is 0 Å². The normalized spacial score (nSPS) is 15.5. The lowest BCUT2D eigenvalue weighted by molar-refractivity contribution is -0.384. The van der Waals surface area contributed by atoms with Crippen LogP contribution in [-0.2, 0) is 11.3 Å².